The number of sulfonamides is 1. The molecular weight excluding hydrogens is 320 g/mol. The van der Waals surface area contributed by atoms with Crippen LogP contribution >= 0.6 is 22.9 Å². The summed E-state index contributed by atoms with van der Waals surface area (Å²) in [6, 6.07) is 3.41. The molecule has 0 fully saturated rings. The van der Waals surface area contributed by atoms with Crippen LogP contribution in [-0.4, -0.2) is 22.8 Å². The van der Waals surface area contributed by atoms with E-state index in [-0.39, 0.29) is 16.0 Å². The highest BCUT2D eigenvalue weighted by molar-refractivity contribution is 7.92. The van der Waals surface area contributed by atoms with Crippen LogP contribution in [0, 0.1) is 6.92 Å². The lowest BCUT2D eigenvalue weighted by atomic mass is 10.3. The molecule has 0 aromatic carbocycles. The SMILES string of the molecule is Cc1ccnc(NS(=O)(=O)c2c(Cl)nc3sccn23)c1. The number of aromatic nitrogens is 3. The zero-order valence-corrected chi connectivity index (χ0v) is 12.6. The topological polar surface area (TPSA) is 76.4 Å². The molecule has 0 spiro atoms. The van der Waals surface area contributed by atoms with E-state index in [0.29, 0.717) is 4.96 Å². The van der Waals surface area contributed by atoms with Crippen molar-refractivity contribution >= 4 is 43.7 Å². The van der Waals surface area contributed by atoms with Crippen LogP contribution < -0.4 is 4.72 Å². The summed E-state index contributed by atoms with van der Waals surface area (Å²) >= 11 is 7.23. The Bertz CT molecular complexity index is 885. The van der Waals surface area contributed by atoms with Crippen LogP contribution in [-0.2, 0) is 10.0 Å². The number of nitrogens with zero attached hydrogens (tertiary/aromatic N) is 3. The Balaban J connectivity index is 2.08. The number of nitrogens with one attached hydrogen (secondary N) is 1. The molecule has 0 amide bonds. The van der Waals surface area contributed by atoms with Gasteiger partial charge in [-0.25, -0.2) is 9.97 Å². The highest BCUT2D eigenvalue weighted by atomic mass is 35.5. The van der Waals surface area contributed by atoms with E-state index < -0.39 is 10.0 Å². The van der Waals surface area contributed by atoms with Crippen LogP contribution in [0.1, 0.15) is 5.56 Å². The summed E-state index contributed by atoms with van der Waals surface area (Å²) in [5, 5.41) is 1.60. The Morgan fingerprint density at radius 1 is 1.45 bits per heavy atom. The highest BCUT2D eigenvalue weighted by Gasteiger charge is 2.25. The number of halogens is 1. The number of rotatable bonds is 3. The maximum Gasteiger partial charge on any atom is 0.282 e. The summed E-state index contributed by atoms with van der Waals surface area (Å²) in [7, 11) is -3.85. The van der Waals surface area contributed by atoms with Crippen molar-refractivity contribution in [1.82, 2.24) is 14.4 Å². The van der Waals surface area contributed by atoms with Gasteiger partial charge in [0.2, 0.25) is 0 Å². The Labute approximate surface area is 124 Å². The molecule has 0 atom stereocenters. The predicted octanol–water partition coefficient (Wildman–Crippen LogP) is 2.55. The van der Waals surface area contributed by atoms with Crippen molar-refractivity contribution in [2.75, 3.05) is 4.72 Å². The summed E-state index contributed by atoms with van der Waals surface area (Å²) in [4.78, 5) is 8.50. The van der Waals surface area contributed by atoms with Gasteiger partial charge in [0, 0.05) is 17.8 Å². The Morgan fingerprint density at radius 2 is 2.25 bits per heavy atom. The van der Waals surface area contributed by atoms with Crippen molar-refractivity contribution in [2.24, 2.45) is 0 Å². The molecule has 0 bridgehead atoms. The highest BCUT2D eigenvalue weighted by Crippen LogP contribution is 2.26. The molecule has 104 valence electrons. The number of pyridine rings is 1. The lowest BCUT2D eigenvalue weighted by molar-refractivity contribution is 0.596. The minimum Gasteiger partial charge on any atom is -0.278 e. The third-order valence-electron chi connectivity index (χ3n) is 2.59. The average Bonchev–Trinajstić information content (AvgIpc) is 2.87. The van der Waals surface area contributed by atoms with E-state index in [0.717, 1.165) is 5.56 Å². The first-order chi connectivity index (χ1) is 9.47. The van der Waals surface area contributed by atoms with Gasteiger partial charge >= 0.3 is 0 Å². The molecule has 0 saturated carbocycles. The predicted molar refractivity (Wildman–Crippen MR) is 77.9 cm³/mol. The van der Waals surface area contributed by atoms with Crippen LogP contribution in [0.2, 0.25) is 5.15 Å². The zero-order valence-electron chi connectivity index (χ0n) is 10.2. The second-order valence-electron chi connectivity index (χ2n) is 4.09. The molecule has 0 saturated heterocycles. The lowest BCUT2D eigenvalue weighted by Crippen LogP contribution is -2.16. The number of fused-ring (bicyclic) bond motifs is 1. The smallest absolute Gasteiger partial charge is 0.278 e. The van der Waals surface area contributed by atoms with Crippen LogP contribution in [0.4, 0.5) is 5.82 Å². The van der Waals surface area contributed by atoms with Crippen molar-refractivity contribution in [3.05, 3.63) is 40.6 Å². The molecule has 0 aliphatic carbocycles. The second-order valence-corrected chi connectivity index (χ2v) is 6.92. The van der Waals surface area contributed by atoms with Crippen molar-refractivity contribution in [3.8, 4) is 0 Å². The third kappa shape index (κ3) is 2.26. The van der Waals surface area contributed by atoms with E-state index in [4.69, 9.17) is 11.6 Å². The van der Waals surface area contributed by atoms with Crippen LogP contribution in [0.25, 0.3) is 4.96 Å². The van der Waals surface area contributed by atoms with Gasteiger partial charge in [0.1, 0.15) is 5.82 Å². The van der Waals surface area contributed by atoms with Gasteiger partial charge in [-0.05, 0) is 24.6 Å². The first kappa shape index (κ1) is 13.3. The Morgan fingerprint density at radius 3 is 3.00 bits per heavy atom. The van der Waals surface area contributed by atoms with Gasteiger partial charge in [-0.2, -0.15) is 8.42 Å². The van der Waals surface area contributed by atoms with Crippen molar-refractivity contribution in [3.63, 3.8) is 0 Å². The van der Waals surface area contributed by atoms with Gasteiger partial charge in [-0.3, -0.25) is 9.12 Å². The number of imidazole rings is 1. The van der Waals surface area contributed by atoms with Crippen molar-refractivity contribution in [1.29, 1.82) is 0 Å². The molecule has 0 aliphatic rings. The molecule has 6 nitrogen and oxygen atoms in total. The molecule has 3 rings (SSSR count). The van der Waals surface area contributed by atoms with E-state index in [2.05, 4.69) is 14.7 Å². The molecule has 3 heterocycles. The molecular formula is C11H9ClN4O2S2. The number of anilines is 1. The van der Waals surface area contributed by atoms with Crippen molar-refractivity contribution < 1.29 is 8.42 Å². The van der Waals surface area contributed by atoms with Gasteiger partial charge in [-0.15, -0.1) is 11.3 Å². The molecule has 0 unspecified atom stereocenters. The van der Waals surface area contributed by atoms with Crippen molar-refractivity contribution in [2.45, 2.75) is 11.9 Å². The van der Waals surface area contributed by atoms with Gasteiger partial charge < -0.3 is 0 Å². The largest absolute Gasteiger partial charge is 0.282 e. The fraction of sp³-hybridized carbons (Fsp3) is 0.0909. The van der Waals surface area contributed by atoms with Crippen LogP contribution in [0.15, 0.2) is 34.9 Å². The summed E-state index contributed by atoms with van der Waals surface area (Å²) in [5.41, 5.74) is 0.901. The quantitative estimate of drug-likeness (QED) is 0.801. The molecule has 0 radical (unpaired) electrons. The molecule has 1 N–H and O–H groups in total. The Kier molecular flexibility index (Phi) is 3.15. The molecule has 3 aromatic rings. The van der Waals surface area contributed by atoms with E-state index in [1.54, 1.807) is 23.7 Å². The van der Waals surface area contributed by atoms with Gasteiger partial charge in [0.15, 0.2) is 15.1 Å². The molecule has 3 aromatic heterocycles. The monoisotopic (exact) mass is 328 g/mol. The standard InChI is InChI=1S/C11H9ClN4O2S2/c1-7-2-3-13-8(6-7)15-20(17,18)10-9(12)14-11-16(10)4-5-19-11/h2-6H,1H3,(H,13,15). The first-order valence-electron chi connectivity index (χ1n) is 5.54. The summed E-state index contributed by atoms with van der Waals surface area (Å²) < 4.78 is 28.7. The van der Waals surface area contributed by atoms with Crippen LogP contribution in [0.5, 0.6) is 0 Å². The van der Waals surface area contributed by atoms with E-state index in [9.17, 15) is 8.42 Å². The molecule has 20 heavy (non-hydrogen) atoms. The number of hydrogen-bond donors (Lipinski definition) is 1. The number of aryl methyl sites for hydroxylation is 1. The van der Waals surface area contributed by atoms with E-state index in [1.807, 2.05) is 6.92 Å². The second kappa shape index (κ2) is 4.72. The molecule has 0 aliphatic heterocycles. The number of thiazole rings is 1. The van der Waals surface area contributed by atoms with Crippen LogP contribution in [0.3, 0.4) is 0 Å². The minimum absolute atomic E-state index is 0.0583. The maximum atomic E-state index is 12.4. The minimum atomic E-state index is -3.85. The first-order valence-corrected chi connectivity index (χ1v) is 8.28. The fourth-order valence-corrected chi connectivity index (χ4v) is 4.21. The fourth-order valence-electron chi connectivity index (χ4n) is 1.76. The van der Waals surface area contributed by atoms with Gasteiger partial charge in [0.05, 0.1) is 0 Å². The molecule has 9 heteroatoms. The Hall–Kier alpha value is -1.64. The lowest BCUT2D eigenvalue weighted by Gasteiger charge is -2.07. The summed E-state index contributed by atoms with van der Waals surface area (Å²) in [6.45, 7) is 1.85. The van der Waals surface area contributed by atoms with E-state index in [1.165, 1.54) is 21.9 Å². The number of hydrogen-bond acceptors (Lipinski definition) is 5. The van der Waals surface area contributed by atoms with Gasteiger partial charge in [-0.1, -0.05) is 11.6 Å². The maximum absolute atomic E-state index is 12.4. The zero-order chi connectivity index (χ0) is 14.3. The third-order valence-corrected chi connectivity index (χ3v) is 5.10. The summed E-state index contributed by atoms with van der Waals surface area (Å²) in [5.74, 6) is 0.242. The normalized spacial score (nSPS) is 11.9. The van der Waals surface area contributed by atoms with Gasteiger partial charge in [0.25, 0.3) is 10.0 Å². The average molecular weight is 329 g/mol. The summed E-state index contributed by atoms with van der Waals surface area (Å²) in [6.07, 6.45) is 3.14. The van der Waals surface area contributed by atoms with E-state index >= 15 is 0 Å².